The molecule has 1 aromatic carbocycles. The molecule has 0 unspecified atom stereocenters. The van der Waals surface area contributed by atoms with E-state index in [1.807, 2.05) is 12.1 Å². The van der Waals surface area contributed by atoms with E-state index in [9.17, 15) is 14.4 Å². The number of H-pyrrole nitrogens is 1. The summed E-state index contributed by atoms with van der Waals surface area (Å²) in [5.74, 6) is 0.911. The molecule has 160 valence electrons. The van der Waals surface area contributed by atoms with E-state index >= 15 is 0 Å². The van der Waals surface area contributed by atoms with Crippen molar-refractivity contribution in [2.45, 2.75) is 6.54 Å². The molecule has 0 saturated heterocycles. The smallest absolute Gasteiger partial charge is 0.297 e. The molecular weight excluding hydrogens is 408 g/mol. The van der Waals surface area contributed by atoms with Crippen LogP contribution < -0.4 is 21.0 Å². The quantitative estimate of drug-likeness (QED) is 0.526. The van der Waals surface area contributed by atoms with Gasteiger partial charge in [-0.1, -0.05) is 24.3 Å². The first kappa shape index (κ1) is 20.7. The number of carbonyl (C=O) groups excluding carboxylic acids is 1. The molecule has 32 heavy (non-hydrogen) atoms. The van der Waals surface area contributed by atoms with Crippen LogP contribution >= 0.6 is 0 Å². The minimum atomic E-state index is -0.477. The molecule has 9 nitrogen and oxygen atoms in total. The predicted molar refractivity (Wildman–Crippen MR) is 121 cm³/mol. The predicted octanol–water partition coefficient (Wildman–Crippen LogP) is 2.77. The number of amides is 2. The van der Waals surface area contributed by atoms with Crippen molar-refractivity contribution in [1.82, 2.24) is 19.5 Å². The SMILES string of the molecule is CN(C(=O)N(c1ccccn1)c1ccccn1)c1ccc(Cn2ccc(=O)[nH]c2=O)cc1. The second kappa shape index (κ2) is 9.09. The second-order valence-electron chi connectivity index (χ2n) is 6.96. The van der Waals surface area contributed by atoms with Crippen LogP contribution in [0, 0.1) is 0 Å². The van der Waals surface area contributed by atoms with Gasteiger partial charge in [0.25, 0.3) is 5.56 Å². The molecule has 0 bridgehead atoms. The summed E-state index contributed by atoms with van der Waals surface area (Å²) in [5, 5.41) is 0. The van der Waals surface area contributed by atoms with Crippen LogP contribution in [-0.4, -0.2) is 32.6 Å². The average molecular weight is 428 g/mol. The Hall–Kier alpha value is -4.53. The van der Waals surface area contributed by atoms with Crippen LogP contribution in [0.15, 0.2) is 94.9 Å². The number of aromatic amines is 1. The van der Waals surface area contributed by atoms with Crippen molar-refractivity contribution >= 4 is 23.4 Å². The van der Waals surface area contributed by atoms with E-state index in [0.29, 0.717) is 23.9 Å². The van der Waals surface area contributed by atoms with Gasteiger partial charge in [0.2, 0.25) is 0 Å². The number of urea groups is 1. The Kier molecular flexibility index (Phi) is 5.89. The van der Waals surface area contributed by atoms with Crippen molar-refractivity contribution in [3.8, 4) is 0 Å². The summed E-state index contributed by atoms with van der Waals surface area (Å²) >= 11 is 0. The number of hydrogen-bond donors (Lipinski definition) is 1. The van der Waals surface area contributed by atoms with Crippen molar-refractivity contribution in [3.05, 3.63) is 112 Å². The van der Waals surface area contributed by atoms with Crippen LogP contribution in [0.1, 0.15) is 5.56 Å². The Balaban J connectivity index is 1.58. The van der Waals surface area contributed by atoms with Gasteiger partial charge in [-0.25, -0.2) is 24.5 Å². The maximum atomic E-state index is 13.4. The Morgan fingerprint density at radius 1 is 0.906 bits per heavy atom. The number of nitrogens with zero attached hydrogens (tertiary/aromatic N) is 5. The highest BCUT2D eigenvalue weighted by atomic mass is 16.2. The normalized spacial score (nSPS) is 10.5. The van der Waals surface area contributed by atoms with Gasteiger partial charge in [0.1, 0.15) is 11.6 Å². The van der Waals surface area contributed by atoms with Crippen LogP contribution in [-0.2, 0) is 6.54 Å². The van der Waals surface area contributed by atoms with E-state index in [2.05, 4.69) is 15.0 Å². The Bertz CT molecular complexity index is 1280. The highest BCUT2D eigenvalue weighted by Crippen LogP contribution is 2.25. The lowest BCUT2D eigenvalue weighted by Gasteiger charge is -2.27. The third kappa shape index (κ3) is 4.46. The van der Waals surface area contributed by atoms with Gasteiger partial charge in [-0.2, -0.15) is 0 Å². The topological polar surface area (TPSA) is 104 Å². The van der Waals surface area contributed by atoms with E-state index in [0.717, 1.165) is 5.56 Å². The van der Waals surface area contributed by atoms with E-state index in [1.165, 1.54) is 26.6 Å². The second-order valence-corrected chi connectivity index (χ2v) is 6.96. The molecule has 4 aromatic rings. The minimum absolute atomic E-state index is 0.293. The zero-order valence-corrected chi connectivity index (χ0v) is 17.3. The standard InChI is InChI=1S/C23H20N6O3/c1-27(18-10-8-17(9-11-18)16-28-15-12-21(30)26-22(28)31)23(32)29(19-6-2-4-13-24-19)20-7-3-5-14-25-20/h2-15H,16H2,1H3,(H,26,30,31). The van der Waals surface area contributed by atoms with Crippen molar-refractivity contribution in [2.75, 3.05) is 16.8 Å². The summed E-state index contributed by atoms with van der Waals surface area (Å²) in [7, 11) is 1.67. The highest BCUT2D eigenvalue weighted by molar-refractivity contribution is 6.07. The molecule has 0 saturated carbocycles. The molecule has 9 heteroatoms. The fourth-order valence-corrected chi connectivity index (χ4v) is 3.14. The van der Waals surface area contributed by atoms with Crippen LogP contribution in [0.5, 0.6) is 0 Å². The molecule has 3 heterocycles. The summed E-state index contributed by atoms with van der Waals surface area (Å²) in [4.78, 5) is 50.3. The molecule has 0 spiro atoms. The third-order valence-corrected chi connectivity index (χ3v) is 4.81. The first-order chi connectivity index (χ1) is 15.5. The van der Waals surface area contributed by atoms with Gasteiger partial charge in [-0.3, -0.25) is 19.2 Å². The summed E-state index contributed by atoms with van der Waals surface area (Å²) in [6, 6.07) is 18.8. The maximum Gasteiger partial charge on any atom is 0.335 e. The molecule has 0 aliphatic carbocycles. The van der Waals surface area contributed by atoms with E-state index in [1.54, 1.807) is 68.0 Å². The molecule has 0 fully saturated rings. The monoisotopic (exact) mass is 428 g/mol. The van der Waals surface area contributed by atoms with Gasteiger partial charge in [-0.05, 0) is 42.0 Å². The van der Waals surface area contributed by atoms with Crippen LogP contribution in [0.25, 0.3) is 0 Å². The zero-order valence-electron chi connectivity index (χ0n) is 17.3. The molecule has 1 N–H and O–H groups in total. The fraction of sp³-hybridized carbons (Fsp3) is 0.0870. The molecule has 0 atom stereocenters. The van der Waals surface area contributed by atoms with Gasteiger partial charge in [0, 0.05) is 37.4 Å². The summed E-state index contributed by atoms with van der Waals surface area (Å²) in [6.45, 7) is 0.293. The lowest BCUT2D eigenvalue weighted by Crippen LogP contribution is -2.39. The molecule has 0 aliphatic rings. The fourth-order valence-electron chi connectivity index (χ4n) is 3.14. The van der Waals surface area contributed by atoms with Crippen LogP contribution in [0.3, 0.4) is 0 Å². The number of rotatable bonds is 5. The molecular formula is C23H20N6O3. The van der Waals surface area contributed by atoms with E-state index in [-0.39, 0.29) is 6.03 Å². The largest absolute Gasteiger partial charge is 0.335 e. The van der Waals surface area contributed by atoms with Crippen LogP contribution in [0.2, 0.25) is 0 Å². The molecule has 3 aromatic heterocycles. The molecule has 0 aliphatic heterocycles. The number of pyridine rings is 2. The summed E-state index contributed by atoms with van der Waals surface area (Å²) < 4.78 is 1.40. The zero-order chi connectivity index (χ0) is 22.5. The van der Waals surface area contributed by atoms with Crippen molar-refractivity contribution in [3.63, 3.8) is 0 Å². The summed E-state index contributed by atoms with van der Waals surface area (Å²) in [6.07, 6.45) is 4.68. The number of hydrogen-bond acceptors (Lipinski definition) is 5. The lowest BCUT2D eigenvalue weighted by atomic mass is 10.2. The Morgan fingerprint density at radius 3 is 2.06 bits per heavy atom. The minimum Gasteiger partial charge on any atom is -0.297 e. The molecule has 0 radical (unpaired) electrons. The first-order valence-corrected chi connectivity index (χ1v) is 9.81. The van der Waals surface area contributed by atoms with Crippen molar-refractivity contribution in [1.29, 1.82) is 0 Å². The highest BCUT2D eigenvalue weighted by Gasteiger charge is 2.24. The van der Waals surface area contributed by atoms with Crippen molar-refractivity contribution in [2.24, 2.45) is 0 Å². The molecule has 4 rings (SSSR count). The number of nitrogens with one attached hydrogen (secondary N) is 1. The number of anilines is 3. The van der Waals surface area contributed by atoms with Crippen molar-refractivity contribution < 1.29 is 4.79 Å². The van der Waals surface area contributed by atoms with Gasteiger partial charge < -0.3 is 0 Å². The van der Waals surface area contributed by atoms with E-state index in [4.69, 9.17) is 0 Å². The molecule has 2 amide bonds. The lowest BCUT2D eigenvalue weighted by molar-refractivity contribution is 0.254. The van der Waals surface area contributed by atoms with Gasteiger partial charge in [0.05, 0.1) is 6.54 Å². The van der Waals surface area contributed by atoms with Crippen LogP contribution in [0.4, 0.5) is 22.1 Å². The maximum absolute atomic E-state index is 13.4. The van der Waals surface area contributed by atoms with Gasteiger partial charge >= 0.3 is 11.7 Å². The summed E-state index contributed by atoms with van der Waals surface area (Å²) in [5.41, 5.74) is 0.585. The third-order valence-electron chi connectivity index (χ3n) is 4.81. The average Bonchev–Trinajstić information content (AvgIpc) is 2.82. The number of aromatic nitrogens is 4. The Morgan fingerprint density at radius 2 is 1.53 bits per heavy atom. The number of benzene rings is 1. The van der Waals surface area contributed by atoms with Gasteiger partial charge in [0.15, 0.2) is 0 Å². The first-order valence-electron chi connectivity index (χ1n) is 9.81. The number of carbonyl (C=O) groups is 1. The Labute approximate surface area is 183 Å². The van der Waals surface area contributed by atoms with Gasteiger partial charge in [-0.15, -0.1) is 0 Å². The van der Waals surface area contributed by atoms with E-state index < -0.39 is 11.2 Å².